The Morgan fingerprint density at radius 2 is 1.89 bits per heavy atom. The summed E-state index contributed by atoms with van der Waals surface area (Å²) < 4.78 is 10.5. The Kier molecular flexibility index (Phi) is 3.63. The minimum atomic E-state index is -1.41. The lowest BCUT2D eigenvalue weighted by Crippen LogP contribution is -2.56. The molecule has 6 nitrogen and oxygen atoms in total. The van der Waals surface area contributed by atoms with Crippen LogP contribution in [0.4, 0.5) is 4.79 Å². The van der Waals surface area contributed by atoms with Crippen LogP contribution in [0.5, 0.6) is 0 Å². The molecule has 18 heavy (non-hydrogen) atoms. The summed E-state index contributed by atoms with van der Waals surface area (Å²) in [6, 6.07) is 0. The van der Waals surface area contributed by atoms with Crippen molar-refractivity contribution in [1.29, 1.82) is 0 Å². The number of nitrogens with one attached hydrogen (secondary N) is 1. The average Bonchev–Trinajstić information content (AvgIpc) is 2.39. The normalized spacial score (nSPS) is 26.7. The van der Waals surface area contributed by atoms with E-state index in [1.807, 2.05) is 0 Å². The Morgan fingerprint density at radius 1 is 1.33 bits per heavy atom. The Morgan fingerprint density at radius 3 is 2.22 bits per heavy atom. The number of carboxylic acids is 1. The van der Waals surface area contributed by atoms with E-state index in [-0.39, 0.29) is 13.0 Å². The molecule has 0 aliphatic carbocycles. The molecule has 0 aromatic rings. The van der Waals surface area contributed by atoms with Crippen molar-refractivity contribution < 1.29 is 24.2 Å². The van der Waals surface area contributed by atoms with Gasteiger partial charge in [0, 0.05) is 6.42 Å². The van der Waals surface area contributed by atoms with Crippen molar-refractivity contribution in [1.82, 2.24) is 5.32 Å². The molecule has 1 amide bonds. The third-order valence-corrected chi connectivity index (χ3v) is 2.59. The first-order chi connectivity index (χ1) is 7.96. The Hall–Kier alpha value is -1.30. The second-order valence-corrected chi connectivity index (χ2v) is 6.24. The van der Waals surface area contributed by atoms with E-state index in [4.69, 9.17) is 9.47 Å². The molecule has 1 atom stereocenters. The summed E-state index contributed by atoms with van der Waals surface area (Å²) in [6.07, 6.45) is -0.541. The van der Waals surface area contributed by atoms with Gasteiger partial charge in [-0.25, -0.2) is 9.59 Å². The quantitative estimate of drug-likeness (QED) is 0.785. The summed E-state index contributed by atoms with van der Waals surface area (Å²) in [5, 5.41) is 11.7. The monoisotopic (exact) mass is 259 g/mol. The molecule has 0 aromatic carbocycles. The van der Waals surface area contributed by atoms with Crippen LogP contribution in [0.15, 0.2) is 0 Å². The summed E-state index contributed by atoms with van der Waals surface area (Å²) in [7, 11) is 0. The first-order valence-electron chi connectivity index (χ1n) is 5.84. The molecule has 0 saturated carbocycles. The molecule has 1 aliphatic heterocycles. The standard InChI is InChI=1S/C12H21NO5/c1-10(2,3)18-9(16)13-12(8(14)15)6-11(4,5)17-7-12/h6-7H2,1-5H3,(H,13,16)(H,14,15). The predicted octanol–water partition coefficient (Wildman–Crippen LogP) is 1.53. The van der Waals surface area contributed by atoms with Crippen LogP contribution in [0, 0.1) is 0 Å². The zero-order chi connectivity index (χ0) is 14.2. The molecule has 1 aliphatic rings. The minimum Gasteiger partial charge on any atom is -0.479 e. The molecule has 0 bridgehead atoms. The Labute approximate surface area is 107 Å². The number of rotatable bonds is 2. The molecule has 0 aromatic heterocycles. The molecule has 2 N–H and O–H groups in total. The topological polar surface area (TPSA) is 84.9 Å². The fourth-order valence-electron chi connectivity index (χ4n) is 1.92. The second-order valence-electron chi connectivity index (χ2n) is 6.24. The molecular weight excluding hydrogens is 238 g/mol. The van der Waals surface area contributed by atoms with Gasteiger partial charge in [-0.1, -0.05) is 0 Å². The maximum atomic E-state index is 11.7. The Bertz CT molecular complexity index is 358. The Balaban J connectivity index is 2.78. The lowest BCUT2D eigenvalue weighted by Gasteiger charge is -2.27. The average molecular weight is 259 g/mol. The molecule has 1 rings (SSSR count). The number of carbonyl (C=O) groups excluding carboxylic acids is 1. The summed E-state index contributed by atoms with van der Waals surface area (Å²) in [6.45, 7) is 8.66. The van der Waals surface area contributed by atoms with Crippen LogP contribution in [0.1, 0.15) is 41.0 Å². The number of hydrogen-bond donors (Lipinski definition) is 2. The van der Waals surface area contributed by atoms with Crippen LogP contribution in [0.3, 0.4) is 0 Å². The molecule has 104 valence electrons. The fourth-order valence-corrected chi connectivity index (χ4v) is 1.92. The van der Waals surface area contributed by atoms with E-state index in [1.54, 1.807) is 34.6 Å². The maximum absolute atomic E-state index is 11.7. The maximum Gasteiger partial charge on any atom is 0.408 e. The second kappa shape index (κ2) is 4.42. The van der Waals surface area contributed by atoms with E-state index in [9.17, 15) is 14.7 Å². The highest BCUT2D eigenvalue weighted by molar-refractivity contribution is 5.85. The lowest BCUT2D eigenvalue weighted by atomic mass is 9.90. The number of ether oxygens (including phenoxy) is 2. The third-order valence-electron chi connectivity index (χ3n) is 2.59. The van der Waals surface area contributed by atoms with Gasteiger partial charge in [-0.05, 0) is 34.6 Å². The number of aliphatic carboxylic acids is 1. The number of carbonyl (C=O) groups is 2. The van der Waals surface area contributed by atoms with Crippen LogP contribution in [0.2, 0.25) is 0 Å². The highest BCUT2D eigenvalue weighted by atomic mass is 16.6. The van der Waals surface area contributed by atoms with E-state index >= 15 is 0 Å². The zero-order valence-electron chi connectivity index (χ0n) is 11.5. The highest BCUT2D eigenvalue weighted by Gasteiger charge is 2.51. The van der Waals surface area contributed by atoms with Crippen LogP contribution in [-0.4, -0.2) is 40.5 Å². The van der Waals surface area contributed by atoms with Gasteiger partial charge in [-0.15, -0.1) is 0 Å². The van der Waals surface area contributed by atoms with Crippen molar-refractivity contribution in [2.45, 2.75) is 57.8 Å². The van der Waals surface area contributed by atoms with Gasteiger partial charge < -0.3 is 19.9 Å². The summed E-state index contributed by atoms with van der Waals surface area (Å²) in [5.74, 6) is -1.11. The van der Waals surface area contributed by atoms with Crippen molar-refractivity contribution in [3.8, 4) is 0 Å². The lowest BCUT2D eigenvalue weighted by molar-refractivity contribution is -0.144. The van der Waals surface area contributed by atoms with Gasteiger partial charge in [0.15, 0.2) is 5.54 Å². The molecule has 1 heterocycles. The van der Waals surface area contributed by atoms with Crippen LogP contribution >= 0.6 is 0 Å². The predicted molar refractivity (Wildman–Crippen MR) is 64.4 cm³/mol. The van der Waals surface area contributed by atoms with Gasteiger partial charge in [0.25, 0.3) is 0 Å². The number of hydrogen-bond acceptors (Lipinski definition) is 4. The number of amides is 1. The molecule has 0 spiro atoms. The highest BCUT2D eigenvalue weighted by Crippen LogP contribution is 2.33. The summed E-state index contributed by atoms with van der Waals surface area (Å²) in [4.78, 5) is 23.0. The largest absolute Gasteiger partial charge is 0.479 e. The molecule has 1 saturated heterocycles. The molecule has 1 fully saturated rings. The van der Waals surface area contributed by atoms with E-state index in [2.05, 4.69) is 5.32 Å². The first-order valence-corrected chi connectivity index (χ1v) is 5.84. The third kappa shape index (κ3) is 3.60. The van der Waals surface area contributed by atoms with Gasteiger partial charge in [-0.2, -0.15) is 0 Å². The van der Waals surface area contributed by atoms with E-state index in [0.717, 1.165) is 0 Å². The van der Waals surface area contributed by atoms with Gasteiger partial charge in [0.2, 0.25) is 0 Å². The van der Waals surface area contributed by atoms with Crippen molar-refractivity contribution in [3.63, 3.8) is 0 Å². The van der Waals surface area contributed by atoms with Gasteiger partial charge >= 0.3 is 12.1 Å². The van der Waals surface area contributed by atoms with Crippen molar-refractivity contribution in [2.24, 2.45) is 0 Å². The zero-order valence-corrected chi connectivity index (χ0v) is 11.5. The molecule has 0 radical (unpaired) electrons. The minimum absolute atomic E-state index is 0.0609. The smallest absolute Gasteiger partial charge is 0.408 e. The van der Waals surface area contributed by atoms with Crippen molar-refractivity contribution in [2.75, 3.05) is 6.61 Å². The summed E-state index contributed by atoms with van der Waals surface area (Å²) >= 11 is 0. The molecule has 1 unspecified atom stereocenters. The van der Waals surface area contributed by atoms with Crippen LogP contribution in [-0.2, 0) is 14.3 Å². The SMILES string of the molecule is CC(C)(C)OC(=O)NC1(C(=O)O)COC(C)(C)C1. The summed E-state index contributed by atoms with van der Waals surface area (Å²) in [5.41, 5.74) is -2.65. The fraction of sp³-hybridized carbons (Fsp3) is 0.833. The molecule has 6 heteroatoms. The van der Waals surface area contributed by atoms with E-state index in [0.29, 0.717) is 0 Å². The number of alkyl carbamates (subject to hydrolysis) is 1. The molecular formula is C12H21NO5. The van der Waals surface area contributed by atoms with Crippen LogP contribution in [0.25, 0.3) is 0 Å². The van der Waals surface area contributed by atoms with Gasteiger partial charge in [0.05, 0.1) is 12.2 Å². The first kappa shape index (κ1) is 14.8. The number of carboxylic acid groups (broad SMARTS) is 1. The van der Waals surface area contributed by atoms with Crippen molar-refractivity contribution >= 4 is 12.1 Å². The van der Waals surface area contributed by atoms with E-state index in [1.165, 1.54) is 0 Å². The van der Waals surface area contributed by atoms with Crippen LogP contribution < -0.4 is 5.32 Å². The van der Waals surface area contributed by atoms with Crippen molar-refractivity contribution in [3.05, 3.63) is 0 Å². The van der Waals surface area contributed by atoms with Gasteiger partial charge in [-0.3, -0.25) is 0 Å². The van der Waals surface area contributed by atoms with Gasteiger partial charge in [0.1, 0.15) is 5.60 Å². The van der Waals surface area contributed by atoms with E-state index < -0.39 is 28.8 Å².